The van der Waals surface area contributed by atoms with E-state index >= 15 is 0 Å². The predicted octanol–water partition coefficient (Wildman–Crippen LogP) is 2.20. The zero-order valence-electron chi connectivity index (χ0n) is 14.6. The molecule has 142 valence electrons. The molecule has 1 amide bonds. The highest BCUT2D eigenvalue weighted by atomic mass is 32.2. The van der Waals surface area contributed by atoms with Crippen LogP contribution in [0.15, 0.2) is 48.5 Å². The standard InChI is InChI=1S/C17H17N3O6S/c1-12(21)13-5-3-6-14(9-13)18-17(22)11-19(27(2,25)26)15-7-4-8-16(10-15)20(23)24/h3-10H,11H2,1-2H3,(H,18,22). The van der Waals surface area contributed by atoms with E-state index in [1.165, 1.54) is 31.2 Å². The van der Waals surface area contributed by atoms with Crippen molar-refractivity contribution in [1.29, 1.82) is 0 Å². The summed E-state index contributed by atoms with van der Waals surface area (Å²) in [5, 5.41) is 13.4. The van der Waals surface area contributed by atoms with Crippen LogP contribution in [0.1, 0.15) is 17.3 Å². The van der Waals surface area contributed by atoms with Gasteiger partial charge in [-0.2, -0.15) is 0 Å². The molecule has 0 radical (unpaired) electrons. The van der Waals surface area contributed by atoms with Gasteiger partial charge in [0.15, 0.2) is 5.78 Å². The van der Waals surface area contributed by atoms with Crippen molar-refractivity contribution in [2.75, 3.05) is 22.4 Å². The van der Waals surface area contributed by atoms with Crippen molar-refractivity contribution in [1.82, 2.24) is 0 Å². The summed E-state index contributed by atoms with van der Waals surface area (Å²) in [5.74, 6) is -0.840. The molecule has 0 heterocycles. The summed E-state index contributed by atoms with van der Waals surface area (Å²) in [6, 6.07) is 11.2. The second-order valence-corrected chi connectivity index (χ2v) is 7.64. The number of carbonyl (C=O) groups is 2. The largest absolute Gasteiger partial charge is 0.324 e. The van der Waals surface area contributed by atoms with Crippen LogP contribution in [0.25, 0.3) is 0 Å². The number of anilines is 2. The van der Waals surface area contributed by atoms with Crippen LogP contribution in [0.3, 0.4) is 0 Å². The van der Waals surface area contributed by atoms with Crippen molar-refractivity contribution in [2.45, 2.75) is 6.92 Å². The number of nitrogens with one attached hydrogen (secondary N) is 1. The fraction of sp³-hybridized carbons (Fsp3) is 0.176. The number of Topliss-reactive ketones (excluding diaryl/α,β-unsaturated/α-hetero) is 1. The van der Waals surface area contributed by atoms with E-state index in [0.29, 0.717) is 11.3 Å². The zero-order chi connectivity index (χ0) is 20.2. The smallest absolute Gasteiger partial charge is 0.271 e. The molecule has 2 rings (SSSR count). The number of nitro groups is 1. The normalized spacial score (nSPS) is 10.9. The van der Waals surface area contributed by atoms with Crippen LogP contribution in [0.5, 0.6) is 0 Å². The number of benzene rings is 2. The number of carbonyl (C=O) groups excluding carboxylic acids is 2. The second-order valence-electron chi connectivity index (χ2n) is 5.73. The zero-order valence-corrected chi connectivity index (χ0v) is 15.4. The monoisotopic (exact) mass is 391 g/mol. The fourth-order valence-electron chi connectivity index (χ4n) is 2.31. The van der Waals surface area contributed by atoms with Crippen molar-refractivity contribution < 1.29 is 22.9 Å². The van der Waals surface area contributed by atoms with Gasteiger partial charge in [0.25, 0.3) is 5.69 Å². The number of hydrogen-bond donors (Lipinski definition) is 1. The maximum atomic E-state index is 12.3. The summed E-state index contributed by atoms with van der Waals surface area (Å²) >= 11 is 0. The van der Waals surface area contributed by atoms with Crippen LogP contribution in [-0.2, 0) is 14.8 Å². The topological polar surface area (TPSA) is 127 Å². The number of nitro benzene ring substituents is 1. The molecule has 9 nitrogen and oxygen atoms in total. The van der Waals surface area contributed by atoms with Gasteiger partial charge in [0, 0.05) is 23.4 Å². The summed E-state index contributed by atoms with van der Waals surface area (Å²) in [6.07, 6.45) is 0.898. The number of sulfonamides is 1. The number of rotatable bonds is 7. The molecule has 0 saturated heterocycles. The maximum absolute atomic E-state index is 12.3. The van der Waals surface area contributed by atoms with E-state index in [-0.39, 0.29) is 17.2 Å². The molecule has 10 heteroatoms. The van der Waals surface area contributed by atoms with Gasteiger partial charge in [-0.15, -0.1) is 0 Å². The van der Waals surface area contributed by atoms with E-state index in [1.807, 2.05) is 0 Å². The molecule has 0 fully saturated rings. The summed E-state index contributed by atoms with van der Waals surface area (Å²) in [4.78, 5) is 34.0. The Labute approximate surface area is 155 Å². The molecule has 0 bridgehead atoms. The van der Waals surface area contributed by atoms with E-state index < -0.39 is 27.4 Å². The summed E-state index contributed by atoms with van der Waals surface area (Å²) in [7, 11) is -3.87. The lowest BCUT2D eigenvalue weighted by Crippen LogP contribution is -2.37. The van der Waals surface area contributed by atoms with Crippen molar-refractivity contribution in [3.05, 3.63) is 64.2 Å². The Bertz CT molecular complexity index is 1000. The van der Waals surface area contributed by atoms with Gasteiger partial charge in [0.05, 0.1) is 16.9 Å². The average molecular weight is 391 g/mol. The third-order valence-corrected chi connectivity index (χ3v) is 4.71. The highest BCUT2D eigenvalue weighted by Gasteiger charge is 2.22. The third-order valence-electron chi connectivity index (χ3n) is 3.57. The lowest BCUT2D eigenvalue weighted by molar-refractivity contribution is -0.384. The van der Waals surface area contributed by atoms with Gasteiger partial charge in [-0.25, -0.2) is 8.42 Å². The van der Waals surface area contributed by atoms with Crippen LogP contribution < -0.4 is 9.62 Å². The number of non-ortho nitro benzene ring substituents is 1. The van der Waals surface area contributed by atoms with Crippen molar-refractivity contribution >= 4 is 38.8 Å². The Kier molecular flexibility index (Phi) is 5.91. The fourth-order valence-corrected chi connectivity index (χ4v) is 3.16. The quantitative estimate of drug-likeness (QED) is 0.438. The van der Waals surface area contributed by atoms with Gasteiger partial charge in [0.1, 0.15) is 6.54 Å². The molecule has 27 heavy (non-hydrogen) atoms. The first-order chi connectivity index (χ1) is 12.6. The second kappa shape index (κ2) is 7.96. The van der Waals surface area contributed by atoms with Gasteiger partial charge in [-0.05, 0) is 25.1 Å². The molecule has 2 aromatic rings. The molecule has 0 atom stereocenters. The lowest BCUT2D eigenvalue weighted by Gasteiger charge is -2.21. The SMILES string of the molecule is CC(=O)c1cccc(NC(=O)CN(c2cccc([N+](=O)[O-])c2)S(C)(=O)=O)c1. The van der Waals surface area contributed by atoms with Gasteiger partial charge in [0.2, 0.25) is 15.9 Å². The third kappa shape index (κ3) is 5.35. The van der Waals surface area contributed by atoms with Crippen LogP contribution in [-0.4, -0.2) is 37.8 Å². The van der Waals surface area contributed by atoms with Gasteiger partial charge >= 0.3 is 0 Å². The van der Waals surface area contributed by atoms with E-state index in [2.05, 4.69) is 5.32 Å². The number of hydrogen-bond acceptors (Lipinski definition) is 6. The van der Waals surface area contributed by atoms with Crippen LogP contribution in [0.4, 0.5) is 17.1 Å². The van der Waals surface area contributed by atoms with E-state index in [9.17, 15) is 28.1 Å². The van der Waals surface area contributed by atoms with Crippen molar-refractivity contribution in [3.8, 4) is 0 Å². The number of ketones is 1. The van der Waals surface area contributed by atoms with Gasteiger partial charge < -0.3 is 5.32 Å². The highest BCUT2D eigenvalue weighted by Crippen LogP contribution is 2.23. The minimum Gasteiger partial charge on any atom is -0.324 e. The first-order valence-electron chi connectivity index (χ1n) is 7.71. The molecule has 0 spiro atoms. The lowest BCUT2D eigenvalue weighted by atomic mass is 10.1. The van der Waals surface area contributed by atoms with Crippen LogP contribution >= 0.6 is 0 Å². The Morgan fingerprint density at radius 3 is 2.41 bits per heavy atom. The van der Waals surface area contributed by atoms with E-state index in [0.717, 1.165) is 16.6 Å². The first kappa shape index (κ1) is 20.0. The molecule has 2 aromatic carbocycles. The van der Waals surface area contributed by atoms with Crippen molar-refractivity contribution in [2.24, 2.45) is 0 Å². The van der Waals surface area contributed by atoms with Crippen LogP contribution in [0.2, 0.25) is 0 Å². The van der Waals surface area contributed by atoms with E-state index in [1.54, 1.807) is 18.2 Å². The minimum atomic E-state index is -3.87. The summed E-state index contributed by atoms with van der Waals surface area (Å²) in [6.45, 7) is 0.804. The summed E-state index contributed by atoms with van der Waals surface area (Å²) in [5.41, 5.74) is 0.432. The molecule has 0 saturated carbocycles. The average Bonchev–Trinajstić information content (AvgIpc) is 2.59. The molecular weight excluding hydrogens is 374 g/mol. The number of amides is 1. The first-order valence-corrected chi connectivity index (χ1v) is 9.56. The molecule has 0 aliphatic carbocycles. The van der Waals surface area contributed by atoms with E-state index in [4.69, 9.17) is 0 Å². The molecule has 0 aromatic heterocycles. The number of nitrogens with zero attached hydrogens (tertiary/aromatic N) is 2. The Balaban J connectivity index is 2.25. The van der Waals surface area contributed by atoms with Crippen LogP contribution in [0, 0.1) is 10.1 Å². The highest BCUT2D eigenvalue weighted by molar-refractivity contribution is 7.92. The summed E-state index contributed by atoms with van der Waals surface area (Å²) < 4.78 is 24.9. The molecule has 0 aliphatic heterocycles. The maximum Gasteiger partial charge on any atom is 0.271 e. The Hall–Kier alpha value is -3.27. The predicted molar refractivity (Wildman–Crippen MR) is 100 cm³/mol. The Morgan fingerprint density at radius 2 is 1.81 bits per heavy atom. The molecule has 0 aliphatic rings. The molecule has 0 unspecified atom stereocenters. The van der Waals surface area contributed by atoms with Gasteiger partial charge in [-0.3, -0.25) is 24.0 Å². The Morgan fingerprint density at radius 1 is 1.15 bits per heavy atom. The minimum absolute atomic E-state index is 0.000614. The van der Waals surface area contributed by atoms with Gasteiger partial charge in [-0.1, -0.05) is 18.2 Å². The molecular formula is C17H17N3O6S. The molecule has 1 N–H and O–H groups in total. The van der Waals surface area contributed by atoms with Crippen molar-refractivity contribution in [3.63, 3.8) is 0 Å².